The van der Waals surface area contributed by atoms with Crippen molar-refractivity contribution in [1.82, 2.24) is 5.32 Å². The molecule has 0 aliphatic rings. The van der Waals surface area contributed by atoms with Gasteiger partial charge in [-0.2, -0.15) is 0 Å². The highest BCUT2D eigenvalue weighted by Crippen LogP contribution is 2.15. The van der Waals surface area contributed by atoms with E-state index in [4.69, 9.17) is 0 Å². The summed E-state index contributed by atoms with van der Waals surface area (Å²) < 4.78 is 0. The second-order valence-corrected chi connectivity index (χ2v) is 6.68. The SMILES string of the molecule is CCCNC(CCCc1ccccc1)CCc1cccs1. The summed E-state index contributed by atoms with van der Waals surface area (Å²) in [4.78, 5) is 1.52. The molecule has 1 nitrogen and oxygen atoms in total. The van der Waals surface area contributed by atoms with Crippen LogP contribution in [0.25, 0.3) is 0 Å². The van der Waals surface area contributed by atoms with Crippen LogP contribution in [0.2, 0.25) is 0 Å². The van der Waals surface area contributed by atoms with Gasteiger partial charge < -0.3 is 5.32 Å². The molecule has 0 saturated carbocycles. The van der Waals surface area contributed by atoms with Crippen LogP contribution in [-0.4, -0.2) is 12.6 Å². The maximum Gasteiger partial charge on any atom is 0.00706 e. The van der Waals surface area contributed by atoms with Crippen molar-refractivity contribution in [2.45, 2.75) is 51.5 Å². The predicted molar refractivity (Wildman–Crippen MR) is 94.1 cm³/mol. The van der Waals surface area contributed by atoms with Crippen molar-refractivity contribution in [2.75, 3.05) is 6.54 Å². The lowest BCUT2D eigenvalue weighted by Crippen LogP contribution is -2.30. The first-order chi connectivity index (χ1) is 10.4. The summed E-state index contributed by atoms with van der Waals surface area (Å²) in [5, 5.41) is 5.90. The van der Waals surface area contributed by atoms with Gasteiger partial charge in [-0.05, 0) is 62.1 Å². The first-order valence-electron chi connectivity index (χ1n) is 8.18. The molecule has 0 spiro atoms. The van der Waals surface area contributed by atoms with Crippen LogP contribution in [0.3, 0.4) is 0 Å². The molecule has 1 unspecified atom stereocenters. The molecular formula is C19H27NS. The summed E-state index contributed by atoms with van der Waals surface area (Å²) in [6.07, 6.45) is 7.44. The van der Waals surface area contributed by atoms with E-state index in [0.29, 0.717) is 6.04 Å². The van der Waals surface area contributed by atoms with Crippen molar-refractivity contribution in [3.05, 3.63) is 58.3 Å². The van der Waals surface area contributed by atoms with Gasteiger partial charge >= 0.3 is 0 Å². The van der Waals surface area contributed by atoms with E-state index in [1.54, 1.807) is 0 Å². The van der Waals surface area contributed by atoms with Crippen LogP contribution in [0, 0.1) is 0 Å². The van der Waals surface area contributed by atoms with Crippen LogP contribution >= 0.6 is 11.3 Å². The van der Waals surface area contributed by atoms with Crippen molar-refractivity contribution >= 4 is 11.3 Å². The highest BCUT2D eigenvalue weighted by Gasteiger charge is 2.08. The molecule has 0 fully saturated rings. The van der Waals surface area contributed by atoms with Crippen LogP contribution in [-0.2, 0) is 12.8 Å². The Balaban J connectivity index is 1.73. The number of hydrogen-bond donors (Lipinski definition) is 1. The van der Waals surface area contributed by atoms with Gasteiger partial charge in [0, 0.05) is 10.9 Å². The minimum Gasteiger partial charge on any atom is -0.314 e. The molecule has 0 radical (unpaired) electrons. The van der Waals surface area contributed by atoms with E-state index in [-0.39, 0.29) is 0 Å². The Kier molecular flexibility index (Phi) is 7.55. The molecule has 1 atom stereocenters. The van der Waals surface area contributed by atoms with Crippen LogP contribution in [0.1, 0.15) is 43.0 Å². The first kappa shape index (κ1) is 16.3. The van der Waals surface area contributed by atoms with Crippen molar-refractivity contribution in [3.8, 4) is 0 Å². The van der Waals surface area contributed by atoms with Gasteiger partial charge in [-0.1, -0.05) is 43.3 Å². The number of benzene rings is 1. The fraction of sp³-hybridized carbons (Fsp3) is 0.474. The summed E-state index contributed by atoms with van der Waals surface area (Å²) in [5.74, 6) is 0. The van der Waals surface area contributed by atoms with Gasteiger partial charge in [0.2, 0.25) is 0 Å². The average Bonchev–Trinajstić information content (AvgIpc) is 3.04. The molecule has 2 aromatic rings. The minimum atomic E-state index is 0.663. The fourth-order valence-corrected chi connectivity index (χ4v) is 3.39. The predicted octanol–water partition coefficient (Wildman–Crippen LogP) is 5.07. The quantitative estimate of drug-likeness (QED) is 0.646. The fourth-order valence-electron chi connectivity index (χ4n) is 2.67. The third-order valence-electron chi connectivity index (χ3n) is 3.86. The van der Waals surface area contributed by atoms with E-state index in [9.17, 15) is 0 Å². The van der Waals surface area contributed by atoms with Gasteiger partial charge in [0.05, 0.1) is 0 Å². The molecule has 0 saturated heterocycles. The molecule has 21 heavy (non-hydrogen) atoms. The standard InChI is InChI=1S/C19H27NS/c1-2-15-20-18(13-14-19-12-7-16-21-19)11-6-10-17-8-4-3-5-9-17/h3-5,7-9,12,16,18,20H,2,6,10-11,13-15H2,1H3. The second kappa shape index (κ2) is 9.75. The lowest BCUT2D eigenvalue weighted by atomic mass is 10.0. The molecule has 2 rings (SSSR count). The van der Waals surface area contributed by atoms with E-state index in [1.807, 2.05) is 11.3 Å². The number of aryl methyl sites for hydroxylation is 2. The van der Waals surface area contributed by atoms with E-state index < -0.39 is 0 Å². The normalized spacial score (nSPS) is 12.4. The van der Waals surface area contributed by atoms with Crippen LogP contribution in [0.15, 0.2) is 47.8 Å². The van der Waals surface area contributed by atoms with E-state index in [1.165, 1.54) is 49.0 Å². The number of nitrogens with one attached hydrogen (secondary N) is 1. The zero-order chi connectivity index (χ0) is 14.8. The third-order valence-corrected chi connectivity index (χ3v) is 4.80. The molecule has 0 aliphatic heterocycles. The molecule has 1 aromatic carbocycles. The summed E-state index contributed by atoms with van der Waals surface area (Å²) in [6.45, 7) is 3.38. The van der Waals surface area contributed by atoms with Crippen molar-refractivity contribution in [1.29, 1.82) is 0 Å². The molecule has 1 aromatic heterocycles. The third kappa shape index (κ3) is 6.45. The molecule has 114 valence electrons. The second-order valence-electron chi connectivity index (χ2n) is 5.65. The van der Waals surface area contributed by atoms with Gasteiger partial charge in [0.15, 0.2) is 0 Å². The molecular weight excluding hydrogens is 274 g/mol. The molecule has 0 amide bonds. The zero-order valence-corrected chi connectivity index (χ0v) is 13.9. The van der Waals surface area contributed by atoms with Crippen LogP contribution in [0.5, 0.6) is 0 Å². The Labute approximate surface area is 133 Å². The Hall–Kier alpha value is -1.12. The smallest absolute Gasteiger partial charge is 0.00706 e. The van der Waals surface area contributed by atoms with Gasteiger partial charge in [0.1, 0.15) is 0 Å². The largest absolute Gasteiger partial charge is 0.314 e. The molecule has 1 heterocycles. The van der Waals surface area contributed by atoms with E-state index in [2.05, 4.69) is 60.1 Å². The van der Waals surface area contributed by atoms with E-state index >= 15 is 0 Å². The van der Waals surface area contributed by atoms with Crippen molar-refractivity contribution in [2.24, 2.45) is 0 Å². The Morgan fingerprint density at radius 1 is 1.00 bits per heavy atom. The van der Waals surface area contributed by atoms with E-state index in [0.717, 1.165) is 6.54 Å². The summed E-state index contributed by atoms with van der Waals surface area (Å²) in [6, 6.07) is 15.9. The summed E-state index contributed by atoms with van der Waals surface area (Å²) in [5.41, 5.74) is 1.46. The minimum absolute atomic E-state index is 0.663. The molecule has 1 N–H and O–H groups in total. The monoisotopic (exact) mass is 301 g/mol. The van der Waals surface area contributed by atoms with Gasteiger partial charge in [-0.25, -0.2) is 0 Å². The Morgan fingerprint density at radius 3 is 2.57 bits per heavy atom. The summed E-state index contributed by atoms with van der Waals surface area (Å²) in [7, 11) is 0. The first-order valence-corrected chi connectivity index (χ1v) is 9.06. The van der Waals surface area contributed by atoms with Crippen LogP contribution in [0.4, 0.5) is 0 Å². The summed E-state index contributed by atoms with van der Waals surface area (Å²) >= 11 is 1.88. The zero-order valence-electron chi connectivity index (χ0n) is 13.1. The molecule has 2 heteroatoms. The topological polar surface area (TPSA) is 12.0 Å². The lowest BCUT2D eigenvalue weighted by Gasteiger charge is -2.18. The number of thiophene rings is 1. The molecule has 0 bridgehead atoms. The van der Waals surface area contributed by atoms with Gasteiger partial charge in [0.25, 0.3) is 0 Å². The highest BCUT2D eigenvalue weighted by atomic mass is 32.1. The maximum atomic E-state index is 3.72. The maximum absolute atomic E-state index is 3.72. The Bertz CT molecular complexity index is 464. The Morgan fingerprint density at radius 2 is 1.86 bits per heavy atom. The molecule has 0 aliphatic carbocycles. The van der Waals surface area contributed by atoms with Crippen LogP contribution < -0.4 is 5.32 Å². The van der Waals surface area contributed by atoms with Gasteiger partial charge in [-0.15, -0.1) is 11.3 Å². The van der Waals surface area contributed by atoms with Gasteiger partial charge in [-0.3, -0.25) is 0 Å². The number of hydrogen-bond acceptors (Lipinski definition) is 2. The van der Waals surface area contributed by atoms with Crippen molar-refractivity contribution in [3.63, 3.8) is 0 Å². The lowest BCUT2D eigenvalue weighted by molar-refractivity contribution is 0.442. The average molecular weight is 301 g/mol. The highest BCUT2D eigenvalue weighted by molar-refractivity contribution is 7.09. The van der Waals surface area contributed by atoms with Crippen molar-refractivity contribution < 1.29 is 0 Å². The number of rotatable bonds is 10.